The average molecular weight is 299 g/mol. The Bertz CT molecular complexity index is 769. The van der Waals surface area contributed by atoms with Gasteiger partial charge in [0.15, 0.2) is 0 Å². The molecule has 0 spiro atoms. The summed E-state index contributed by atoms with van der Waals surface area (Å²) in [6.45, 7) is 0. The Morgan fingerprint density at radius 2 is 1.81 bits per heavy atom. The SMILES string of the molecule is CSc1ccc(-c2noc(-c3ccc(O)c(N)c3)n2)cc1. The first-order chi connectivity index (χ1) is 10.2. The minimum absolute atomic E-state index is 0.0335. The van der Waals surface area contributed by atoms with Crippen molar-refractivity contribution in [2.24, 2.45) is 0 Å². The first-order valence-corrected chi connectivity index (χ1v) is 7.47. The van der Waals surface area contributed by atoms with E-state index < -0.39 is 0 Å². The van der Waals surface area contributed by atoms with Crippen molar-refractivity contribution in [3.8, 4) is 28.6 Å². The molecular formula is C15H13N3O2S. The monoisotopic (exact) mass is 299 g/mol. The largest absolute Gasteiger partial charge is 0.506 e. The lowest BCUT2D eigenvalue weighted by Crippen LogP contribution is -1.87. The molecule has 0 saturated carbocycles. The molecule has 3 aromatic rings. The zero-order chi connectivity index (χ0) is 14.8. The van der Waals surface area contributed by atoms with Crippen LogP contribution in [0.5, 0.6) is 5.75 Å². The second-order valence-corrected chi connectivity index (χ2v) is 5.30. The Hall–Kier alpha value is -2.47. The maximum Gasteiger partial charge on any atom is 0.258 e. The van der Waals surface area contributed by atoms with Crippen LogP contribution >= 0.6 is 11.8 Å². The van der Waals surface area contributed by atoms with E-state index in [1.165, 1.54) is 11.0 Å². The van der Waals surface area contributed by atoms with Crippen LogP contribution in [0.4, 0.5) is 5.69 Å². The van der Waals surface area contributed by atoms with Crippen molar-refractivity contribution < 1.29 is 9.63 Å². The number of rotatable bonds is 3. The molecule has 0 bridgehead atoms. The third kappa shape index (κ3) is 2.71. The van der Waals surface area contributed by atoms with E-state index in [2.05, 4.69) is 10.1 Å². The normalized spacial score (nSPS) is 10.7. The van der Waals surface area contributed by atoms with E-state index in [4.69, 9.17) is 10.3 Å². The molecule has 0 atom stereocenters. The number of anilines is 1. The predicted octanol–water partition coefficient (Wildman–Crippen LogP) is 3.41. The topological polar surface area (TPSA) is 85.2 Å². The van der Waals surface area contributed by atoms with Crippen LogP contribution in [0.1, 0.15) is 0 Å². The summed E-state index contributed by atoms with van der Waals surface area (Å²) < 4.78 is 5.25. The van der Waals surface area contributed by atoms with E-state index in [9.17, 15) is 5.11 Å². The number of hydrogen-bond acceptors (Lipinski definition) is 6. The zero-order valence-corrected chi connectivity index (χ0v) is 12.1. The van der Waals surface area contributed by atoms with Gasteiger partial charge in [0.05, 0.1) is 5.69 Å². The molecule has 21 heavy (non-hydrogen) atoms. The molecular weight excluding hydrogens is 286 g/mol. The first kappa shape index (κ1) is 13.5. The summed E-state index contributed by atoms with van der Waals surface area (Å²) in [7, 11) is 0. The maximum atomic E-state index is 9.43. The van der Waals surface area contributed by atoms with Gasteiger partial charge in [-0.25, -0.2) is 0 Å². The predicted molar refractivity (Wildman–Crippen MR) is 83.0 cm³/mol. The van der Waals surface area contributed by atoms with Gasteiger partial charge in [-0.3, -0.25) is 0 Å². The summed E-state index contributed by atoms with van der Waals surface area (Å²) in [6, 6.07) is 12.7. The molecule has 0 aliphatic heterocycles. The number of thioether (sulfide) groups is 1. The molecule has 2 aromatic carbocycles. The minimum atomic E-state index is 0.0335. The maximum absolute atomic E-state index is 9.43. The first-order valence-electron chi connectivity index (χ1n) is 6.24. The Labute approximate surface area is 125 Å². The lowest BCUT2D eigenvalue weighted by molar-refractivity contribution is 0.432. The number of phenols is 1. The Morgan fingerprint density at radius 3 is 2.48 bits per heavy atom. The van der Waals surface area contributed by atoms with Crippen LogP contribution in [-0.4, -0.2) is 21.5 Å². The van der Waals surface area contributed by atoms with Gasteiger partial charge in [-0.05, 0) is 48.7 Å². The number of nitrogens with zero attached hydrogens (tertiary/aromatic N) is 2. The van der Waals surface area contributed by atoms with E-state index in [0.717, 1.165) is 5.56 Å². The van der Waals surface area contributed by atoms with Crippen molar-refractivity contribution >= 4 is 17.4 Å². The van der Waals surface area contributed by atoms with Crippen LogP contribution in [0.25, 0.3) is 22.8 Å². The summed E-state index contributed by atoms with van der Waals surface area (Å²) in [4.78, 5) is 5.53. The van der Waals surface area contributed by atoms with E-state index >= 15 is 0 Å². The number of nitrogen functional groups attached to an aromatic ring is 1. The zero-order valence-electron chi connectivity index (χ0n) is 11.3. The number of hydrogen-bond donors (Lipinski definition) is 2. The van der Waals surface area contributed by atoms with Crippen LogP contribution in [0.15, 0.2) is 51.9 Å². The molecule has 0 aliphatic rings. The van der Waals surface area contributed by atoms with Gasteiger partial charge in [-0.2, -0.15) is 4.98 Å². The van der Waals surface area contributed by atoms with Gasteiger partial charge >= 0.3 is 0 Å². The van der Waals surface area contributed by atoms with Crippen molar-refractivity contribution in [2.75, 3.05) is 12.0 Å². The summed E-state index contributed by atoms with van der Waals surface area (Å²) in [5.74, 6) is 0.918. The van der Waals surface area contributed by atoms with Crippen molar-refractivity contribution in [2.45, 2.75) is 4.90 Å². The number of aromatic nitrogens is 2. The second kappa shape index (κ2) is 5.49. The third-order valence-corrected chi connectivity index (χ3v) is 3.79. The fraction of sp³-hybridized carbons (Fsp3) is 0.0667. The van der Waals surface area contributed by atoms with Crippen LogP contribution in [-0.2, 0) is 0 Å². The van der Waals surface area contributed by atoms with E-state index in [-0.39, 0.29) is 11.4 Å². The molecule has 3 rings (SSSR count). The third-order valence-electron chi connectivity index (χ3n) is 3.05. The molecule has 0 amide bonds. The summed E-state index contributed by atoms with van der Waals surface area (Å²) in [5.41, 5.74) is 7.50. The Balaban J connectivity index is 1.93. The van der Waals surface area contributed by atoms with Crippen LogP contribution in [0.3, 0.4) is 0 Å². The fourth-order valence-corrected chi connectivity index (χ4v) is 2.29. The molecule has 5 nitrogen and oxygen atoms in total. The smallest absolute Gasteiger partial charge is 0.258 e. The van der Waals surface area contributed by atoms with E-state index in [0.29, 0.717) is 17.3 Å². The second-order valence-electron chi connectivity index (χ2n) is 4.43. The van der Waals surface area contributed by atoms with Gasteiger partial charge in [0.1, 0.15) is 5.75 Å². The summed E-state index contributed by atoms with van der Waals surface area (Å²) in [6.07, 6.45) is 2.02. The fourth-order valence-electron chi connectivity index (χ4n) is 1.89. The van der Waals surface area contributed by atoms with Crippen molar-refractivity contribution in [3.63, 3.8) is 0 Å². The van der Waals surface area contributed by atoms with Crippen LogP contribution in [0.2, 0.25) is 0 Å². The van der Waals surface area contributed by atoms with Crippen molar-refractivity contribution in [3.05, 3.63) is 42.5 Å². The molecule has 1 aromatic heterocycles. The summed E-state index contributed by atoms with van der Waals surface area (Å²) >= 11 is 1.68. The molecule has 0 aliphatic carbocycles. The molecule has 0 fully saturated rings. The number of phenolic OH excluding ortho intramolecular Hbond substituents is 1. The van der Waals surface area contributed by atoms with Crippen molar-refractivity contribution in [1.82, 2.24) is 10.1 Å². The van der Waals surface area contributed by atoms with Crippen LogP contribution in [0, 0.1) is 0 Å². The van der Waals surface area contributed by atoms with Gasteiger partial charge in [0.25, 0.3) is 5.89 Å². The minimum Gasteiger partial charge on any atom is -0.506 e. The average Bonchev–Trinajstić information content (AvgIpc) is 3.00. The van der Waals surface area contributed by atoms with Gasteiger partial charge < -0.3 is 15.4 Å². The van der Waals surface area contributed by atoms with Gasteiger partial charge in [0, 0.05) is 16.0 Å². The highest BCUT2D eigenvalue weighted by Crippen LogP contribution is 2.28. The lowest BCUT2D eigenvalue weighted by Gasteiger charge is -1.99. The Morgan fingerprint density at radius 1 is 1.10 bits per heavy atom. The van der Waals surface area contributed by atoms with E-state index in [1.54, 1.807) is 23.9 Å². The number of aromatic hydroxyl groups is 1. The lowest BCUT2D eigenvalue weighted by atomic mass is 10.2. The van der Waals surface area contributed by atoms with Crippen molar-refractivity contribution in [1.29, 1.82) is 0 Å². The van der Waals surface area contributed by atoms with E-state index in [1.807, 2.05) is 30.5 Å². The molecule has 6 heteroatoms. The highest BCUT2D eigenvalue weighted by Gasteiger charge is 2.11. The summed E-state index contributed by atoms with van der Waals surface area (Å²) in [5, 5.41) is 13.4. The van der Waals surface area contributed by atoms with Gasteiger partial charge in [-0.15, -0.1) is 11.8 Å². The highest BCUT2D eigenvalue weighted by molar-refractivity contribution is 7.98. The standard InChI is InChI=1S/C15H13N3O2S/c1-21-11-5-2-9(3-6-11)14-17-15(20-18-14)10-4-7-13(19)12(16)8-10/h2-8,19H,16H2,1H3. The number of nitrogens with two attached hydrogens (primary N) is 1. The highest BCUT2D eigenvalue weighted by atomic mass is 32.2. The molecule has 1 heterocycles. The van der Waals surface area contributed by atoms with Gasteiger partial charge in [0.2, 0.25) is 5.82 Å². The number of benzene rings is 2. The Kier molecular flexibility index (Phi) is 3.53. The molecule has 3 N–H and O–H groups in total. The molecule has 0 saturated heterocycles. The van der Waals surface area contributed by atoms with Gasteiger partial charge in [-0.1, -0.05) is 5.16 Å². The quantitative estimate of drug-likeness (QED) is 0.438. The molecule has 106 valence electrons. The van der Waals surface area contributed by atoms with Crippen LogP contribution < -0.4 is 5.73 Å². The molecule has 0 unspecified atom stereocenters. The molecule has 0 radical (unpaired) electrons.